The van der Waals surface area contributed by atoms with Gasteiger partial charge in [-0.1, -0.05) is 17.7 Å². The average molecular weight is 362 g/mol. The van der Waals surface area contributed by atoms with Gasteiger partial charge >= 0.3 is 0 Å². The molecule has 0 N–H and O–H groups in total. The number of hydrogen-bond donors (Lipinski definition) is 0. The summed E-state index contributed by atoms with van der Waals surface area (Å²) in [6.07, 6.45) is 1.49. The van der Waals surface area contributed by atoms with Crippen LogP contribution < -0.4 is 0 Å². The van der Waals surface area contributed by atoms with Crippen LogP contribution in [0.2, 0.25) is 0 Å². The third kappa shape index (κ3) is 3.34. The normalized spacial score (nSPS) is 16.2. The molecule has 1 amide bonds. The van der Waals surface area contributed by atoms with Gasteiger partial charge in [-0.25, -0.2) is 8.42 Å². The Morgan fingerprint density at radius 2 is 1.68 bits per heavy atom. The molecule has 1 aliphatic heterocycles. The topological polar surface area (TPSA) is 70.8 Å². The Morgan fingerprint density at radius 1 is 1.00 bits per heavy atom. The van der Waals surface area contributed by atoms with Crippen LogP contribution in [0.15, 0.2) is 39.8 Å². The van der Waals surface area contributed by atoms with Crippen LogP contribution in [0.1, 0.15) is 27.2 Å². The maximum absolute atomic E-state index is 12.9. The molecule has 0 aliphatic carbocycles. The van der Waals surface area contributed by atoms with Crippen molar-refractivity contribution < 1.29 is 17.6 Å². The van der Waals surface area contributed by atoms with Gasteiger partial charge in [-0.2, -0.15) is 4.31 Å². The number of rotatable bonds is 3. The first kappa shape index (κ1) is 17.7. The number of carbonyl (C=O) groups excluding carboxylic acids is 1. The Bertz CT molecular complexity index is 894. The number of piperazine rings is 1. The van der Waals surface area contributed by atoms with E-state index >= 15 is 0 Å². The van der Waals surface area contributed by atoms with Crippen LogP contribution in [0.25, 0.3) is 0 Å². The molecule has 0 spiro atoms. The van der Waals surface area contributed by atoms with Gasteiger partial charge in [-0.05, 0) is 38.5 Å². The Hall–Kier alpha value is -2.12. The van der Waals surface area contributed by atoms with E-state index in [0.29, 0.717) is 23.7 Å². The van der Waals surface area contributed by atoms with E-state index in [0.717, 1.165) is 16.7 Å². The highest BCUT2D eigenvalue weighted by Gasteiger charge is 2.32. The van der Waals surface area contributed by atoms with Crippen molar-refractivity contribution >= 4 is 15.9 Å². The summed E-state index contributed by atoms with van der Waals surface area (Å²) in [6.45, 7) is 6.82. The van der Waals surface area contributed by atoms with E-state index in [-0.39, 0.29) is 19.0 Å². The first-order chi connectivity index (χ1) is 11.8. The minimum absolute atomic E-state index is 0.189. The fourth-order valence-electron chi connectivity index (χ4n) is 3.09. The van der Waals surface area contributed by atoms with Crippen molar-refractivity contribution in [2.75, 3.05) is 26.2 Å². The van der Waals surface area contributed by atoms with Crippen molar-refractivity contribution in [3.05, 3.63) is 53.0 Å². The largest absolute Gasteiger partial charge is 0.459 e. The number of aryl methyl sites for hydroxylation is 3. The standard InChI is InChI=1S/C18H22N2O4S/c1-13-4-5-16(15(3)12-13)25(22,23)20-9-7-19(8-10-20)18(21)17-14(2)6-11-24-17/h4-6,11-12H,7-10H2,1-3H3. The minimum Gasteiger partial charge on any atom is -0.459 e. The molecule has 0 atom stereocenters. The summed E-state index contributed by atoms with van der Waals surface area (Å²) in [6, 6.07) is 7.07. The summed E-state index contributed by atoms with van der Waals surface area (Å²) in [5.41, 5.74) is 2.56. The lowest BCUT2D eigenvalue weighted by molar-refractivity contribution is 0.0665. The van der Waals surface area contributed by atoms with E-state index in [1.165, 1.54) is 10.6 Å². The van der Waals surface area contributed by atoms with Gasteiger partial charge in [-0.3, -0.25) is 4.79 Å². The molecular weight excluding hydrogens is 340 g/mol. The van der Waals surface area contributed by atoms with Crippen molar-refractivity contribution in [3.8, 4) is 0 Å². The lowest BCUT2D eigenvalue weighted by atomic mass is 10.2. The predicted molar refractivity (Wildman–Crippen MR) is 94.0 cm³/mol. The molecule has 6 nitrogen and oxygen atoms in total. The summed E-state index contributed by atoms with van der Waals surface area (Å²) in [4.78, 5) is 14.4. The second-order valence-corrected chi connectivity index (χ2v) is 8.30. The first-order valence-electron chi connectivity index (χ1n) is 8.21. The lowest BCUT2D eigenvalue weighted by Crippen LogP contribution is -2.50. The number of benzene rings is 1. The highest BCUT2D eigenvalue weighted by Crippen LogP contribution is 2.23. The highest BCUT2D eigenvalue weighted by atomic mass is 32.2. The number of sulfonamides is 1. The van der Waals surface area contributed by atoms with Gasteiger partial charge in [0.15, 0.2) is 5.76 Å². The fourth-order valence-corrected chi connectivity index (χ4v) is 4.72. The summed E-state index contributed by atoms with van der Waals surface area (Å²) >= 11 is 0. The molecule has 3 rings (SSSR count). The molecule has 1 aromatic heterocycles. The van der Waals surface area contributed by atoms with Crippen molar-refractivity contribution in [2.24, 2.45) is 0 Å². The zero-order valence-electron chi connectivity index (χ0n) is 14.7. The molecule has 0 unspecified atom stereocenters. The average Bonchev–Trinajstić information content (AvgIpc) is 3.00. The number of nitrogens with zero attached hydrogens (tertiary/aromatic N) is 2. The summed E-state index contributed by atoms with van der Waals surface area (Å²) in [7, 11) is -3.55. The molecule has 134 valence electrons. The third-order valence-electron chi connectivity index (χ3n) is 4.53. The molecule has 1 aromatic carbocycles. The van der Waals surface area contributed by atoms with Gasteiger partial charge < -0.3 is 9.32 Å². The minimum atomic E-state index is -3.55. The van der Waals surface area contributed by atoms with E-state index in [1.54, 1.807) is 30.0 Å². The van der Waals surface area contributed by atoms with Crippen LogP contribution in [0, 0.1) is 20.8 Å². The zero-order valence-corrected chi connectivity index (χ0v) is 15.5. The van der Waals surface area contributed by atoms with Crippen molar-refractivity contribution in [1.29, 1.82) is 0 Å². The third-order valence-corrected chi connectivity index (χ3v) is 6.59. The van der Waals surface area contributed by atoms with Crippen molar-refractivity contribution in [1.82, 2.24) is 9.21 Å². The van der Waals surface area contributed by atoms with Gasteiger partial charge in [0.05, 0.1) is 11.2 Å². The van der Waals surface area contributed by atoms with Crippen LogP contribution in [0.5, 0.6) is 0 Å². The SMILES string of the molecule is Cc1ccc(S(=O)(=O)N2CCN(C(=O)c3occc3C)CC2)c(C)c1. The second-order valence-electron chi connectivity index (χ2n) is 6.40. The van der Waals surface area contributed by atoms with Crippen LogP contribution in [-0.4, -0.2) is 49.7 Å². The molecule has 1 aliphatic rings. The molecule has 2 aromatic rings. The Balaban J connectivity index is 1.73. The predicted octanol–water partition coefficient (Wildman–Crippen LogP) is 2.35. The molecule has 0 saturated carbocycles. The maximum atomic E-state index is 12.9. The van der Waals surface area contributed by atoms with Crippen LogP contribution in [-0.2, 0) is 10.0 Å². The number of hydrogen-bond acceptors (Lipinski definition) is 4. The van der Waals surface area contributed by atoms with E-state index in [9.17, 15) is 13.2 Å². The summed E-state index contributed by atoms with van der Waals surface area (Å²) in [5.74, 6) is 0.136. The fraction of sp³-hybridized carbons (Fsp3) is 0.389. The molecule has 2 heterocycles. The molecular formula is C18H22N2O4S. The molecule has 1 fully saturated rings. The molecule has 25 heavy (non-hydrogen) atoms. The Kier molecular flexibility index (Phi) is 4.71. The quantitative estimate of drug-likeness (QED) is 0.840. The number of carbonyl (C=O) groups is 1. The van der Waals surface area contributed by atoms with E-state index < -0.39 is 10.0 Å². The van der Waals surface area contributed by atoms with E-state index in [1.807, 2.05) is 19.9 Å². The van der Waals surface area contributed by atoms with Gasteiger partial charge in [0.25, 0.3) is 5.91 Å². The van der Waals surface area contributed by atoms with Gasteiger partial charge in [0.2, 0.25) is 10.0 Å². The van der Waals surface area contributed by atoms with Crippen LogP contribution in [0.4, 0.5) is 0 Å². The van der Waals surface area contributed by atoms with Crippen LogP contribution >= 0.6 is 0 Å². The smallest absolute Gasteiger partial charge is 0.289 e. The zero-order chi connectivity index (χ0) is 18.2. The van der Waals surface area contributed by atoms with Crippen LogP contribution in [0.3, 0.4) is 0 Å². The highest BCUT2D eigenvalue weighted by molar-refractivity contribution is 7.89. The molecule has 7 heteroatoms. The molecule has 1 saturated heterocycles. The molecule has 0 bridgehead atoms. The molecule has 0 radical (unpaired) electrons. The number of furan rings is 1. The van der Waals surface area contributed by atoms with Crippen molar-refractivity contribution in [2.45, 2.75) is 25.7 Å². The van der Waals surface area contributed by atoms with E-state index in [4.69, 9.17) is 4.42 Å². The Labute approximate surface area is 148 Å². The Morgan fingerprint density at radius 3 is 2.24 bits per heavy atom. The monoisotopic (exact) mass is 362 g/mol. The van der Waals surface area contributed by atoms with Gasteiger partial charge in [0.1, 0.15) is 0 Å². The maximum Gasteiger partial charge on any atom is 0.289 e. The van der Waals surface area contributed by atoms with Gasteiger partial charge in [0, 0.05) is 31.7 Å². The lowest BCUT2D eigenvalue weighted by Gasteiger charge is -2.34. The second kappa shape index (κ2) is 6.65. The first-order valence-corrected chi connectivity index (χ1v) is 9.65. The van der Waals surface area contributed by atoms with Gasteiger partial charge in [-0.15, -0.1) is 0 Å². The number of amides is 1. The van der Waals surface area contributed by atoms with E-state index in [2.05, 4.69) is 0 Å². The summed E-state index contributed by atoms with van der Waals surface area (Å²) in [5, 5.41) is 0. The summed E-state index contributed by atoms with van der Waals surface area (Å²) < 4.78 is 32.5. The van der Waals surface area contributed by atoms with Crippen molar-refractivity contribution in [3.63, 3.8) is 0 Å².